The summed E-state index contributed by atoms with van der Waals surface area (Å²) in [7, 11) is 3.61. The lowest BCUT2D eigenvalue weighted by atomic mass is 9.54. The van der Waals surface area contributed by atoms with Gasteiger partial charge in [-0.05, 0) is 21.0 Å². The largest absolute Gasteiger partial charge is 0.295 e. The van der Waals surface area contributed by atoms with Crippen LogP contribution in [0.1, 0.15) is 34.6 Å². The Labute approximate surface area is 112 Å². The van der Waals surface area contributed by atoms with Crippen molar-refractivity contribution in [1.82, 2.24) is 10.2 Å². The van der Waals surface area contributed by atoms with Crippen molar-refractivity contribution in [2.75, 3.05) is 14.1 Å². The first-order valence-corrected chi connectivity index (χ1v) is 5.47. The van der Waals surface area contributed by atoms with E-state index in [4.69, 9.17) is 1.41 Å². The zero-order valence-electron chi connectivity index (χ0n) is 12.7. The molecule has 0 unspecified atom stereocenters. The molecule has 0 radical (unpaired) electrons. The molecule has 17 heavy (non-hydrogen) atoms. The summed E-state index contributed by atoms with van der Waals surface area (Å²) in [5.74, 6) is -0.899. The van der Waals surface area contributed by atoms with E-state index >= 15 is 0 Å². The average molecular weight is 261 g/mol. The summed E-state index contributed by atoms with van der Waals surface area (Å²) in [5, 5.41) is 0.519. The van der Waals surface area contributed by atoms with Gasteiger partial charge in [0.1, 0.15) is 5.54 Å². The number of piperidine rings is 1. The summed E-state index contributed by atoms with van der Waals surface area (Å²) in [4.78, 5) is 26.2. The predicted octanol–water partition coefficient (Wildman–Crippen LogP) is 1.13. The molecule has 0 aromatic rings. The Morgan fingerprint density at radius 1 is 1.06 bits per heavy atom. The summed E-state index contributed by atoms with van der Waals surface area (Å²) in [5.41, 5.74) is -2.19. The van der Waals surface area contributed by atoms with E-state index in [1.165, 1.54) is 0 Å². The molecule has 0 spiro atoms. The van der Waals surface area contributed by atoms with E-state index in [-0.39, 0.29) is 13.5 Å². The number of carbonyl (C=O) groups excluding carboxylic acids is 2. The van der Waals surface area contributed by atoms with Gasteiger partial charge in [-0.1, -0.05) is 27.7 Å². The third-order valence-electron chi connectivity index (χ3n) is 4.83. The van der Waals surface area contributed by atoms with Crippen LogP contribution in [0.15, 0.2) is 0 Å². The lowest BCUT2D eigenvalue weighted by molar-refractivity contribution is -0.168. The number of rotatable bonds is 1. The van der Waals surface area contributed by atoms with E-state index in [9.17, 15) is 9.59 Å². The molecule has 1 aliphatic heterocycles. The minimum absolute atomic E-state index is 0. The molecule has 1 N–H and O–H groups in total. The number of amides is 2. The minimum atomic E-state index is -0.869. The van der Waals surface area contributed by atoms with Gasteiger partial charge in [0.05, 0.1) is 5.41 Å². The Morgan fingerprint density at radius 3 is 1.82 bits per heavy atom. The summed E-state index contributed by atoms with van der Waals surface area (Å²) in [6.45, 7) is 9.22. The first kappa shape index (κ1) is 14.5. The fourth-order valence-corrected chi connectivity index (χ4v) is 2.23. The van der Waals surface area contributed by atoms with Gasteiger partial charge in [-0.3, -0.25) is 19.8 Å². The van der Waals surface area contributed by atoms with Gasteiger partial charge >= 0.3 is 0 Å². The summed E-state index contributed by atoms with van der Waals surface area (Å²) in [6, 6.07) is 0. The number of nitrogens with zero attached hydrogens (tertiary/aromatic N) is 1. The summed E-state index contributed by atoms with van der Waals surface area (Å²) >= 11 is 0. The molecular formula is C12H24N2O2S. The molecule has 1 fully saturated rings. The highest BCUT2D eigenvalue weighted by Crippen LogP contribution is 2.51. The van der Waals surface area contributed by atoms with Crippen LogP contribution in [0.4, 0.5) is 0 Å². The van der Waals surface area contributed by atoms with Crippen molar-refractivity contribution in [3.05, 3.63) is 0 Å². The molecule has 0 saturated carbocycles. The van der Waals surface area contributed by atoms with Gasteiger partial charge in [0.25, 0.3) is 0 Å². The van der Waals surface area contributed by atoms with Crippen molar-refractivity contribution in [1.29, 1.82) is 0 Å². The third kappa shape index (κ3) is 1.80. The number of nitrogens with one attached hydrogen (secondary N) is 1. The van der Waals surface area contributed by atoms with Crippen LogP contribution in [-0.4, -0.2) is 36.3 Å². The van der Waals surface area contributed by atoms with Crippen LogP contribution in [0, 0.1) is 10.8 Å². The molecule has 1 atom stereocenters. The van der Waals surface area contributed by atoms with Crippen molar-refractivity contribution < 1.29 is 11.0 Å². The third-order valence-corrected chi connectivity index (χ3v) is 4.83. The van der Waals surface area contributed by atoms with Crippen LogP contribution >= 0.6 is 13.5 Å². The highest BCUT2D eigenvalue weighted by molar-refractivity contribution is 7.59. The maximum Gasteiger partial charge on any atom is 0.247 e. The first-order chi connectivity index (χ1) is 7.42. The Balaban J connectivity index is 0.00000289. The Bertz CT molecular complexity index is 382. The molecule has 2 amide bonds. The molecule has 100 valence electrons. The van der Waals surface area contributed by atoms with E-state index in [0.29, 0.717) is 5.31 Å². The highest BCUT2D eigenvalue weighted by atomic mass is 32.1. The second kappa shape index (κ2) is 4.28. The molecule has 1 aliphatic rings. The number of carbonyl (C=O) groups is 2. The van der Waals surface area contributed by atoms with Crippen molar-refractivity contribution >= 4 is 25.3 Å². The lowest BCUT2D eigenvalue weighted by Gasteiger charge is -2.57. The van der Waals surface area contributed by atoms with Crippen LogP contribution in [0.5, 0.6) is 0 Å². The average Bonchev–Trinajstić information content (AvgIpc) is 2.22. The zero-order chi connectivity index (χ0) is 13.8. The van der Waals surface area contributed by atoms with Gasteiger partial charge in [0.2, 0.25) is 11.8 Å². The Morgan fingerprint density at radius 2 is 1.47 bits per heavy atom. The van der Waals surface area contributed by atoms with Gasteiger partial charge < -0.3 is 0 Å². The summed E-state index contributed by atoms with van der Waals surface area (Å²) < 4.78 is 7.67. The normalized spacial score (nSPS) is 32.2. The monoisotopic (exact) mass is 261 g/mol. The number of imide groups is 1. The topological polar surface area (TPSA) is 49.4 Å². The van der Waals surface area contributed by atoms with Crippen molar-refractivity contribution in [3.8, 4) is 0 Å². The smallest absolute Gasteiger partial charge is 0.247 e. The molecule has 0 aliphatic carbocycles. The SMILES string of the molecule is S.[2H]N1C(=O)C(C)(C)C(C)(C)[C@](C)(N(C)C)C1=O. The van der Waals surface area contributed by atoms with Crippen molar-refractivity contribution in [2.24, 2.45) is 10.8 Å². The second-order valence-electron chi connectivity index (χ2n) is 5.94. The molecule has 0 aromatic heterocycles. The number of hydrogen-bond donors (Lipinski definition) is 1. The fraction of sp³-hybridized carbons (Fsp3) is 0.833. The number of likely N-dealkylation sites (N-methyl/N-ethyl adjacent to an activating group) is 1. The molecule has 4 nitrogen and oxygen atoms in total. The molecule has 1 rings (SSSR count). The fourth-order valence-electron chi connectivity index (χ4n) is 2.23. The van der Waals surface area contributed by atoms with Crippen LogP contribution in [0.2, 0.25) is 1.41 Å². The molecule has 1 heterocycles. The Hall–Kier alpha value is -0.550. The molecule has 0 aromatic carbocycles. The maximum absolute atomic E-state index is 12.3. The van der Waals surface area contributed by atoms with Crippen LogP contribution in [0.25, 0.3) is 0 Å². The number of hydrogen-bond acceptors (Lipinski definition) is 3. The van der Waals surface area contributed by atoms with Crippen molar-refractivity contribution in [3.63, 3.8) is 0 Å². The van der Waals surface area contributed by atoms with E-state index in [2.05, 4.69) is 0 Å². The van der Waals surface area contributed by atoms with Crippen molar-refractivity contribution in [2.45, 2.75) is 40.2 Å². The zero-order valence-corrected chi connectivity index (χ0v) is 12.7. The first-order valence-electron chi connectivity index (χ1n) is 5.92. The minimum Gasteiger partial charge on any atom is -0.295 e. The molecule has 1 saturated heterocycles. The van der Waals surface area contributed by atoms with Gasteiger partial charge in [-0.25, -0.2) is 0 Å². The van der Waals surface area contributed by atoms with E-state index in [1.807, 2.05) is 13.8 Å². The van der Waals surface area contributed by atoms with E-state index < -0.39 is 28.2 Å². The van der Waals surface area contributed by atoms with Crippen LogP contribution in [-0.2, 0) is 9.59 Å². The molecular weight excluding hydrogens is 236 g/mol. The predicted molar refractivity (Wildman–Crippen MR) is 73.2 cm³/mol. The van der Waals surface area contributed by atoms with Crippen LogP contribution in [0.3, 0.4) is 0 Å². The quantitative estimate of drug-likeness (QED) is 0.720. The van der Waals surface area contributed by atoms with Crippen LogP contribution < -0.4 is 5.31 Å². The van der Waals surface area contributed by atoms with Gasteiger partial charge in [0.15, 0.2) is 1.41 Å². The molecule has 0 bridgehead atoms. The van der Waals surface area contributed by atoms with Gasteiger partial charge in [0, 0.05) is 5.41 Å². The van der Waals surface area contributed by atoms with E-state index in [1.54, 1.807) is 39.8 Å². The molecule has 5 heteroatoms. The second-order valence-corrected chi connectivity index (χ2v) is 5.94. The maximum atomic E-state index is 12.3. The summed E-state index contributed by atoms with van der Waals surface area (Å²) in [6.07, 6.45) is 0. The van der Waals surface area contributed by atoms with Gasteiger partial charge in [-0.2, -0.15) is 13.5 Å². The van der Waals surface area contributed by atoms with Gasteiger partial charge in [-0.15, -0.1) is 0 Å². The highest BCUT2D eigenvalue weighted by Gasteiger charge is 2.62. The lowest BCUT2D eigenvalue weighted by Crippen LogP contribution is -2.73. The standard InChI is InChI=1S/C12H22N2O2.H2S/c1-10(2)8(15)13-9(16)12(5,14(6)7)11(10,3)4;/h1-7H3,(H,13,15,16);1H2/t12-;/m1./s1/i/hD. The van der Waals surface area contributed by atoms with E-state index in [0.717, 1.165) is 0 Å². The Kier molecular flexibility index (Phi) is 3.65.